The number of hydrogen-bond donors (Lipinski definition) is 1. The maximum absolute atomic E-state index is 6.13. The highest BCUT2D eigenvalue weighted by Gasteiger charge is 2.15. The first-order valence-electron chi connectivity index (χ1n) is 4.56. The predicted molar refractivity (Wildman–Crippen MR) is 76.8 cm³/mol. The van der Waals surface area contributed by atoms with Crippen LogP contribution in [0.5, 0.6) is 0 Å². The smallest absolute Gasteiger partial charge is 0.143 e. The van der Waals surface area contributed by atoms with Crippen LogP contribution in [0.25, 0.3) is 11.3 Å². The lowest BCUT2D eigenvalue weighted by atomic mass is 10.1. The molecule has 2 aromatic rings. The van der Waals surface area contributed by atoms with E-state index >= 15 is 0 Å². The molecule has 0 amide bonds. The zero-order chi connectivity index (χ0) is 12.6. The summed E-state index contributed by atoms with van der Waals surface area (Å²) in [5.74, 6) is 0.220. The van der Waals surface area contributed by atoms with Gasteiger partial charge in [-0.1, -0.05) is 56.8 Å². The molecule has 2 rings (SSSR count). The first-order valence-corrected chi connectivity index (χ1v) is 6.49. The molecule has 0 aliphatic carbocycles. The van der Waals surface area contributed by atoms with Crippen molar-refractivity contribution in [2.45, 2.75) is 0 Å². The van der Waals surface area contributed by atoms with Gasteiger partial charge in [0.15, 0.2) is 0 Å². The molecule has 2 N–H and O–H groups in total. The molecule has 1 aromatic carbocycles. The van der Waals surface area contributed by atoms with Crippen molar-refractivity contribution in [2.75, 3.05) is 5.73 Å². The third-order valence-electron chi connectivity index (χ3n) is 2.16. The minimum Gasteiger partial charge on any atom is -0.382 e. The summed E-state index contributed by atoms with van der Waals surface area (Å²) in [6.07, 6.45) is 0. The van der Waals surface area contributed by atoms with Crippen LogP contribution in [-0.4, -0.2) is 4.98 Å². The minimum absolute atomic E-state index is 0.220. The Morgan fingerprint density at radius 1 is 1.06 bits per heavy atom. The average Bonchev–Trinajstić information content (AvgIpc) is 2.25. The number of rotatable bonds is 1. The Hall–Kier alpha value is -0.480. The Balaban J connectivity index is 2.73. The molecular formula is C11H6BrCl3N2. The zero-order valence-corrected chi connectivity index (χ0v) is 12.2. The van der Waals surface area contributed by atoms with E-state index < -0.39 is 0 Å². The number of nitrogen functional groups attached to an aromatic ring is 1. The Labute approximate surface area is 122 Å². The first-order chi connectivity index (χ1) is 8.00. The summed E-state index contributed by atoms with van der Waals surface area (Å²) in [5, 5.41) is 1.26. The van der Waals surface area contributed by atoms with Gasteiger partial charge in [-0.2, -0.15) is 0 Å². The van der Waals surface area contributed by atoms with Gasteiger partial charge in [-0.3, -0.25) is 0 Å². The van der Waals surface area contributed by atoms with Crippen LogP contribution in [0.4, 0.5) is 5.82 Å². The molecule has 0 bridgehead atoms. The summed E-state index contributed by atoms with van der Waals surface area (Å²) < 4.78 is 0.793. The Morgan fingerprint density at radius 2 is 1.76 bits per heavy atom. The second kappa shape index (κ2) is 5.02. The number of pyridine rings is 1. The molecule has 1 aromatic heterocycles. The molecule has 0 saturated heterocycles. The molecule has 1 heterocycles. The van der Waals surface area contributed by atoms with Crippen molar-refractivity contribution < 1.29 is 0 Å². The SMILES string of the molecule is Nc1nc(-c2c(Cl)cccc2Br)c(Cl)cc1Cl. The minimum atomic E-state index is 0.220. The summed E-state index contributed by atoms with van der Waals surface area (Å²) in [6.45, 7) is 0. The van der Waals surface area contributed by atoms with Crippen LogP contribution >= 0.6 is 50.7 Å². The largest absolute Gasteiger partial charge is 0.382 e. The van der Waals surface area contributed by atoms with E-state index in [1.165, 1.54) is 0 Å². The maximum Gasteiger partial charge on any atom is 0.143 e. The van der Waals surface area contributed by atoms with Crippen molar-refractivity contribution >= 4 is 56.6 Å². The van der Waals surface area contributed by atoms with E-state index in [2.05, 4.69) is 20.9 Å². The molecule has 0 saturated carbocycles. The first kappa shape index (κ1) is 13.0. The summed E-state index contributed by atoms with van der Waals surface area (Å²) in [7, 11) is 0. The molecule has 0 atom stereocenters. The van der Waals surface area contributed by atoms with Crippen LogP contribution in [0, 0.1) is 0 Å². The van der Waals surface area contributed by atoms with Gasteiger partial charge in [-0.25, -0.2) is 4.98 Å². The average molecular weight is 352 g/mol. The van der Waals surface area contributed by atoms with Crippen LogP contribution in [0.15, 0.2) is 28.7 Å². The van der Waals surface area contributed by atoms with Crippen LogP contribution < -0.4 is 5.73 Å². The molecule has 0 radical (unpaired) electrons. The van der Waals surface area contributed by atoms with Gasteiger partial charge in [0.25, 0.3) is 0 Å². The Kier molecular flexibility index (Phi) is 3.83. The molecule has 0 fully saturated rings. The summed E-state index contributed by atoms with van der Waals surface area (Å²) in [5.41, 5.74) is 6.87. The molecule has 2 nitrogen and oxygen atoms in total. The summed E-state index contributed by atoms with van der Waals surface area (Å²) in [6, 6.07) is 6.98. The fraction of sp³-hybridized carbons (Fsp3) is 0. The van der Waals surface area contributed by atoms with Crippen molar-refractivity contribution in [2.24, 2.45) is 0 Å². The third kappa shape index (κ3) is 2.52. The summed E-state index contributed by atoms with van der Waals surface area (Å²) >= 11 is 21.5. The Bertz CT molecular complexity index is 567. The summed E-state index contributed by atoms with van der Waals surface area (Å²) in [4.78, 5) is 4.16. The Morgan fingerprint density at radius 3 is 2.41 bits per heavy atom. The van der Waals surface area contributed by atoms with Gasteiger partial charge in [-0.15, -0.1) is 0 Å². The van der Waals surface area contributed by atoms with Gasteiger partial charge in [0.05, 0.1) is 20.8 Å². The van der Waals surface area contributed by atoms with E-state index in [1.54, 1.807) is 12.1 Å². The highest BCUT2D eigenvalue weighted by atomic mass is 79.9. The quantitative estimate of drug-likeness (QED) is 0.780. The van der Waals surface area contributed by atoms with Gasteiger partial charge in [-0.05, 0) is 18.2 Å². The van der Waals surface area contributed by atoms with Crippen molar-refractivity contribution in [3.8, 4) is 11.3 Å². The van der Waals surface area contributed by atoms with Crippen molar-refractivity contribution in [1.82, 2.24) is 4.98 Å². The monoisotopic (exact) mass is 350 g/mol. The normalized spacial score (nSPS) is 10.6. The van der Waals surface area contributed by atoms with Gasteiger partial charge in [0.2, 0.25) is 0 Å². The number of anilines is 1. The number of benzene rings is 1. The predicted octanol–water partition coefficient (Wildman–Crippen LogP) is 5.05. The molecule has 0 unspecified atom stereocenters. The van der Waals surface area contributed by atoms with E-state index in [-0.39, 0.29) is 5.82 Å². The highest BCUT2D eigenvalue weighted by molar-refractivity contribution is 9.10. The molecule has 0 aliphatic rings. The van der Waals surface area contributed by atoms with Crippen molar-refractivity contribution in [3.05, 3.63) is 43.8 Å². The number of aromatic nitrogens is 1. The number of nitrogens with zero attached hydrogens (tertiary/aromatic N) is 1. The van der Waals surface area contributed by atoms with Crippen LogP contribution in [0.3, 0.4) is 0 Å². The molecule has 17 heavy (non-hydrogen) atoms. The topological polar surface area (TPSA) is 38.9 Å². The number of hydrogen-bond acceptors (Lipinski definition) is 2. The number of halogens is 4. The van der Waals surface area contributed by atoms with E-state index in [0.29, 0.717) is 26.3 Å². The zero-order valence-electron chi connectivity index (χ0n) is 8.35. The molecule has 0 spiro atoms. The third-order valence-corrected chi connectivity index (χ3v) is 3.72. The second-order valence-electron chi connectivity index (χ2n) is 3.28. The second-order valence-corrected chi connectivity index (χ2v) is 5.36. The van der Waals surface area contributed by atoms with E-state index in [9.17, 15) is 0 Å². The fourth-order valence-corrected chi connectivity index (χ4v) is 2.77. The maximum atomic E-state index is 6.13. The highest BCUT2D eigenvalue weighted by Crippen LogP contribution is 2.39. The van der Waals surface area contributed by atoms with Crippen LogP contribution in [0.2, 0.25) is 15.1 Å². The van der Waals surface area contributed by atoms with E-state index in [1.807, 2.05) is 12.1 Å². The van der Waals surface area contributed by atoms with E-state index in [4.69, 9.17) is 40.5 Å². The van der Waals surface area contributed by atoms with E-state index in [0.717, 1.165) is 4.47 Å². The lowest BCUT2D eigenvalue weighted by Crippen LogP contribution is -1.95. The van der Waals surface area contributed by atoms with Crippen molar-refractivity contribution in [1.29, 1.82) is 0 Å². The number of nitrogens with two attached hydrogens (primary N) is 1. The van der Waals surface area contributed by atoms with Gasteiger partial charge < -0.3 is 5.73 Å². The lowest BCUT2D eigenvalue weighted by Gasteiger charge is -2.09. The van der Waals surface area contributed by atoms with Crippen LogP contribution in [-0.2, 0) is 0 Å². The van der Waals surface area contributed by atoms with Gasteiger partial charge in [0.1, 0.15) is 5.82 Å². The molecular weight excluding hydrogens is 346 g/mol. The van der Waals surface area contributed by atoms with Crippen LogP contribution in [0.1, 0.15) is 0 Å². The standard InChI is InChI=1S/C11H6BrCl3N2/c12-5-2-1-3-6(13)9(5)10-7(14)4-8(15)11(16)17-10/h1-4H,(H2,16,17). The molecule has 6 heteroatoms. The van der Waals surface area contributed by atoms with Gasteiger partial charge in [0, 0.05) is 10.0 Å². The fourth-order valence-electron chi connectivity index (χ4n) is 1.38. The lowest BCUT2D eigenvalue weighted by molar-refractivity contribution is 1.33. The van der Waals surface area contributed by atoms with Gasteiger partial charge >= 0.3 is 0 Å². The molecule has 0 aliphatic heterocycles. The van der Waals surface area contributed by atoms with Crippen molar-refractivity contribution in [3.63, 3.8) is 0 Å². The molecule has 88 valence electrons.